The molecule has 10 atom stereocenters. The van der Waals surface area contributed by atoms with Crippen LogP contribution in [-0.2, 0) is 20.7 Å². The van der Waals surface area contributed by atoms with Gasteiger partial charge in [-0.05, 0) is 50.5 Å². The number of allylic oxidation sites excluding steroid dienone is 1. The lowest BCUT2D eigenvalue weighted by Crippen LogP contribution is -2.59. The molecule has 4 aliphatic rings. The zero-order valence-corrected chi connectivity index (χ0v) is 20.5. The summed E-state index contributed by atoms with van der Waals surface area (Å²) in [5.41, 5.74) is -2.01. The van der Waals surface area contributed by atoms with Crippen molar-refractivity contribution in [3.8, 4) is 0 Å². The fourth-order valence-electron chi connectivity index (χ4n) is 7.34. The van der Waals surface area contributed by atoms with E-state index in [1.165, 1.54) is 0 Å². The second-order valence-electron chi connectivity index (χ2n) is 11.7. The minimum atomic E-state index is -1.40. The standard InChI is InChI=1S/C28H37NO5/c1-16-9-8-12-19-24-27(4,34-24)17(2)23-20(13-18-10-6-5-7-11-18)29-25(32)28(19,23)22(31)14-21(30)26(3,33)15-16/h5-8,10-12,16-17,19-21,23-24,30,33H,9,13-15H2,1-4H3,(H,29,32)/b12-8+/t16-,17-,19-,20-,21+,23-,24-,26-,27+,28+/m1/s1. The number of ketones is 1. The van der Waals surface area contributed by atoms with Crippen LogP contribution < -0.4 is 5.32 Å². The third kappa shape index (κ3) is 3.41. The summed E-state index contributed by atoms with van der Waals surface area (Å²) in [4.78, 5) is 28.1. The predicted octanol–water partition coefficient (Wildman–Crippen LogP) is 2.81. The minimum Gasteiger partial charge on any atom is -0.390 e. The van der Waals surface area contributed by atoms with E-state index < -0.39 is 23.0 Å². The molecule has 1 aromatic carbocycles. The van der Waals surface area contributed by atoms with Gasteiger partial charge in [-0.1, -0.05) is 56.3 Å². The SMILES string of the molecule is C[C@@H]1C/C=C/[C@@H]2[C@H]3O[C@@]3(C)[C@H](C)[C@@H]3[C@@H](Cc4ccccc4)NC(=O)[C@@]32C(=O)C[C@H](O)[C@](C)(O)C1. The van der Waals surface area contributed by atoms with Crippen molar-refractivity contribution < 1.29 is 24.5 Å². The molecule has 2 aliphatic heterocycles. The van der Waals surface area contributed by atoms with E-state index in [4.69, 9.17) is 4.74 Å². The summed E-state index contributed by atoms with van der Waals surface area (Å²) in [6.45, 7) is 7.81. The van der Waals surface area contributed by atoms with Crippen molar-refractivity contribution >= 4 is 11.7 Å². The maximum absolute atomic E-state index is 14.2. The van der Waals surface area contributed by atoms with Crippen LogP contribution in [0.3, 0.4) is 0 Å². The molecule has 0 radical (unpaired) electrons. The molecule has 5 rings (SSSR count). The lowest BCUT2D eigenvalue weighted by Gasteiger charge is -2.46. The number of aliphatic hydroxyl groups is 2. The third-order valence-corrected chi connectivity index (χ3v) is 9.33. The fraction of sp³-hybridized carbons (Fsp3) is 0.643. The van der Waals surface area contributed by atoms with Crippen molar-refractivity contribution in [2.75, 3.05) is 0 Å². The van der Waals surface area contributed by atoms with E-state index in [1.807, 2.05) is 49.4 Å². The van der Waals surface area contributed by atoms with Crippen LogP contribution in [0.5, 0.6) is 0 Å². The molecule has 1 aromatic rings. The Balaban J connectivity index is 1.62. The minimum absolute atomic E-state index is 0.0273. The van der Waals surface area contributed by atoms with E-state index in [9.17, 15) is 19.8 Å². The molecule has 2 aliphatic carbocycles. The Morgan fingerprint density at radius 2 is 1.85 bits per heavy atom. The summed E-state index contributed by atoms with van der Waals surface area (Å²) in [5.74, 6) is -1.12. The Kier molecular flexibility index (Phi) is 5.58. The number of epoxide rings is 1. The molecule has 184 valence electrons. The molecule has 3 N–H and O–H groups in total. The normalized spacial score (nSPS) is 49.2. The molecular weight excluding hydrogens is 430 g/mol. The van der Waals surface area contributed by atoms with Gasteiger partial charge in [-0.15, -0.1) is 0 Å². The first kappa shape index (κ1) is 23.7. The first-order chi connectivity index (χ1) is 16.0. The van der Waals surface area contributed by atoms with Crippen LogP contribution >= 0.6 is 0 Å². The molecule has 1 saturated carbocycles. The highest BCUT2D eigenvalue weighted by atomic mass is 16.6. The van der Waals surface area contributed by atoms with Gasteiger partial charge in [-0.3, -0.25) is 9.59 Å². The number of rotatable bonds is 2. The number of carbonyl (C=O) groups is 2. The summed E-state index contributed by atoms with van der Waals surface area (Å²) >= 11 is 0. The average molecular weight is 468 g/mol. The molecular formula is C28H37NO5. The van der Waals surface area contributed by atoms with Crippen molar-refractivity contribution in [2.45, 2.75) is 82.8 Å². The Morgan fingerprint density at radius 3 is 2.56 bits per heavy atom. The lowest BCUT2D eigenvalue weighted by atomic mass is 9.51. The fourth-order valence-corrected chi connectivity index (χ4v) is 7.34. The van der Waals surface area contributed by atoms with Crippen LogP contribution in [0, 0.1) is 29.1 Å². The number of ether oxygens (including phenoxy) is 1. The Bertz CT molecular complexity index is 1010. The number of carbonyl (C=O) groups excluding carboxylic acids is 2. The molecule has 34 heavy (non-hydrogen) atoms. The summed E-state index contributed by atoms with van der Waals surface area (Å²) in [5, 5.41) is 25.2. The maximum Gasteiger partial charge on any atom is 0.235 e. The van der Waals surface area contributed by atoms with Gasteiger partial charge in [-0.25, -0.2) is 0 Å². The van der Waals surface area contributed by atoms with E-state index in [0.717, 1.165) is 5.56 Å². The van der Waals surface area contributed by atoms with Gasteiger partial charge in [0.15, 0.2) is 5.78 Å². The van der Waals surface area contributed by atoms with Crippen molar-refractivity contribution in [3.05, 3.63) is 48.0 Å². The number of amides is 1. The first-order valence-electron chi connectivity index (χ1n) is 12.6. The molecule has 2 heterocycles. The van der Waals surface area contributed by atoms with E-state index in [0.29, 0.717) is 19.3 Å². The van der Waals surface area contributed by atoms with E-state index in [-0.39, 0.29) is 53.6 Å². The number of benzene rings is 1. The van der Waals surface area contributed by atoms with Crippen molar-refractivity contribution in [1.29, 1.82) is 0 Å². The topological polar surface area (TPSA) is 99.2 Å². The lowest BCUT2D eigenvalue weighted by molar-refractivity contribution is -0.153. The highest BCUT2D eigenvalue weighted by Gasteiger charge is 2.78. The number of hydrogen-bond acceptors (Lipinski definition) is 5. The second kappa shape index (κ2) is 8.00. The summed E-state index contributed by atoms with van der Waals surface area (Å²) in [7, 11) is 0. The monoisotopic (exact) mass is 467 g/mol. The third-order valence-electron chi connectivity index (χ3n) is 9.33. The molecule has 6 nitrogen and oxygen atoms in total. The van der Waals surface area contributed by atoms with E-state index >= 15 is 0 Å². The summed E-state index contributed by atoms with van der Waals surface area (Å²) in [6, 6.07) is 9.80. The molecule has 0 aromatic heterocycles. The van der Waals surface area contributed by atoms with Gasteiger partial charge in [-0.2, -0.15) is 0 Å². The Labute approximate surface area is 201 Å². The van der Waals surface area contributed by atoms with Crippen molar-refractivity contribution in [1.82, 2.24) is 5.32 Å². The number of Topliss-reactive ketones (excluding diaryl/α,β-unsaturated/α-hetero) is 1. The van der Waals surface area contributed by atoms with Crippen LogP contribution in [0.25, 0.3) is 0 Å². The molecule has 3 fully saturated rings. The molecule has 0 bridgehead atoms. The van der Waals surface area contributed by atoms with E-state index in [1.54, 1.807) is 6.92 Å². The van der Waals surface area contributed by atoms with Crippen LogP contribution in [0.4, 0.5) is 0 Å². The molecule has 2 saturated heterocycles. The zero-order valence-electron chi connectivity index (χ0n) is 20.5. The molecule has 1 amide bonds. The van der Waals surface area contributed by atoms with Gasteiger partial charge >= 0.3 is 0 Å². The molecule has 6 heteroatoms. The quantitative estimate of drug-likeness (QED) is 0.353. The van der Waals surface area contributed by atoms with Crippen molar-refractivity contribution in [3.63, 3.8) is 0 Å². The number of aliphatic hydroxyl groups excluding tert-OH is 1. The van der Waals surface area contributed by atoms with Crippen molar-refractivity contribution in [2.24, 2.45) is 29.1 Å². The Morgan fingerprint density at radius 1 is 1.15 bits per heavy atom. The highest BCUT2D eigenvalue weighted by molar-refractivity contribution is 6.09. The van der Waals surface area contributed by atoms with Crippen LogP contribution in [-0.4, -0.2) is 51.4 Å². The smallest absolute Gasteiger partial charge is 0.235 e. The predicted molar refractivity (Wildman–Crippen MR) is 128 cm³/mol. The van der Waals surface area contributed by atoms with Crippen LogP contribution in [0.15, 0.2) is 42.5 Å². The number of hydrogen-bond donors (Lipinski definition) is 3. The van der Waals surface area contributed by atoms with Gasteiger partial charge in [0.2, 0.25) is 5.91 Å². The Hall–Kier alpha value is -2.02. The summed E-state index contributed by atoms with van der Waals surface area (Å²) < 4.78 is 6.27. The van der Waals surface area contributed by atoms with Gasteiger partial charge in [0.05, 0.1) is 23.4 Å². The average Bonchev–Trinajstić information content (AvgIpc) is 3.38. The van der Waals surface area contributed by atoms with Crippen LogP contribution in [0.2, 0.25) is 0 Å². The summed E-state index contributed by atoms with van der Waals surface area (Å²) in [6.07, 6.45) is 4.08. The highest BCUT2D eigenvalue weighted by Crippen LogP contribution is 2.66. The van der Waals surface area contributed by atoms with Gasteiger partial charge in [0.25, 0.3) is 0 Å². The molecule has 1 spiro atoms. The first-order valence-corrected chi connectivity index (χ1v) is 12.6. The van der Waals surface area contributed by atoms with Gasteiger partial charge < -0.3 is 20.3 Å². The second-order valence-corrected chi connectivity index (χ2v) is 11.7. The largest absolute Gasteiger partial charge is 0.390 e. The molecule has 0 unspecified atom stereocenters. The maximum atomic E-state index is 14.2. The zero-order chi connectivity index (χ0) is 24.5. The van der Waals surface area contributed by atoms with Gasteiger partial charge in [0.1, 0.15) is 5.41 Å². The number of fused-ring (bicyclic) bond motifs is 2. The van der Waals surface area contributed by atoms with E-state index in [2.05, 4.69) is 19.2 Å². The van der Waals surface area contributed by atoms with Gasteiger partial charge in [0, 0.05) is 24.3 Å². The number of nitrogens with one attached hydrogen (secondary N) is 1. The van der Waals surface area contributed by atoms with Crippen LogP contribution in [0.1, 0.15) is 52.5 Å².